The van der Waals surface area contributed by atoms with Crippen LogP contribution >= 0.6 is 0 Å². The highest BCUT2D eigenvalue weighted by molar-refractivity contribution is 7.89. The van der Waals surface area contributed by atoms with Crippen molar-refractivity contribution >= 4 is 21.8 Å². The second-order valence-corrected chi connectivity index (χ2v) is 9.74. The molecule has 1 aliphatic heterocycles. The number of sulfonamides is 1. The van der Waals surface area contributed by atoms with Crippen LogP contribution in [0.3, 0.4) is 0 Å². The number of carbonyl (C=O) groups excluding carboxylic acids is 2. The van der Waals surface area contributed by atoms with E-state index >= 15 is 0 Å². The molecule has 0 saturated carbocycles. The van der Waals surface area contributed by atoms with Crippen LogP contribution in [0.5, 0.6) is 5.75 Å². The van der Waals surface area contributed by atoms with Gasteiger partial charge in [-0.05, 0) is 69.5 Å². The molecule has 1 heterocycles. The molecule has 3 rings (SSSR count). The Morgan fingerprint density at radius 3 is 2.34 bits per heavy atom. The molecule has 32 heavy (non-hydrogen) atoms. The lowest BCUT2D eigenvalue weighted by Crippen LogP contribution is -2.36. The molecule has 8 heteroatoms. The molecule has 2 aromatic rings. The van der Waals surface area contributed by atoms with Gasteiger partial charge in [0, 0.05) is 24.2 Å². The monoisotopic (exact) mass is 459 g/mol. The van der Waals surface area contributed by atoms with Gasteiger partial charge in [0.15, 0.2) is 5.78 Å². The molecule has 0 aromatic heterocycles. The molecule has 7 nitrogen and oxygen atoms in total. The summed E-state index contributed by atoms with van der Waals surface area (Å²) in [6.07, 6.45) is 2.69. The van der Waals surface area contributed by atoms with Crippen molar-refractivity contribution in [2.24, 2.45) is 0 Å². The van der Waals surface area contributed by atoms with E-state index in [0.717, 1.165) is 19.3 Å². The average molecular weight is 460 g/mol. The number of ether oxygens (including phenoxy) is 2. The minimum absolute atomic E-state index is 0.0998. The van der Waals surface area contributed by atoms with Crippen LogP contribution in [0, 0.1) is 6.92 Å². The fraction of sp³-hybridized carbons (Fsp3) is 0.417. The molecule has 1 saturated heterocycles. The number of hydrogen-bond acceptors (Lipinski definition) is 6. The number of benzene rings is 2. The van der Waals surface area contributed by atoms with E-state index in [1.165, 1.54) is 17.3 Å². The van der Waals surface area contributed by atoms with Crippen molar-refractivity contribution < 1.29 is 27.5 Å². The zero-order valence-corrected chi connectivity index (χ0v) is 19.5. The molecule has 1 aliphatic rings. The Labute approximate surface area is 189 Å². The van der Waals surface area contributed by atoms with Crippen molar-refractivity contribution in [2.75, 3.05) is 19.7 Å². The second-order valence-electron chi connectivity index (χ2n) is 7.83. The van der Waals surface area contributed by atoms with E-state index in [0.29, 0.717) is 42.1 Å². The SMILES string of the molecule is CCOc1ccc(C(C)=O)cc1COC(=O)c1ccc(C)c(S(=O)(=O)N2CCCCC2)c1. The summed E-state index contributed by atoms with van der Waals surface area (Å²) >= 11 is 0. The molecule has 0 atom stereocenters. The molecule has 0 radical (unpaired) electrons. The molecule has 1 fully saturated rings. The molecule has 2 aromatic carbocycles. The summed E-state index contributed by atoms with van der Waals surface area (Å²) in [6.45, 7) is 6.32. The number of ketones is 1. The second kappa shape index (κ2) is 10.3. The number of rotatable bonds is 8. The van der Waals surface area contributed by atoms with Gasteiger partial charge in [-0.15, -0.1) is 0 Å². The van der Waals surface area contributed by atoms with Gasteiger partial charge in [-0.1, -0.05) is 12.5 Å². The molecule has 0 unspecified atom stereocenters. The Hall–Kier alpha value is -2.71. The largest absolute Gasteiger partial charge is 0.493 e. The Morgan fingerprint density at radius 1 is 1.00 bits per heavy atom. The molecule has 0 N–H and O–H groups in total. The van der Waals surface area contributed by atoms with Crippen molar-refractivity contribution in [3.05, 3.63) is 58.7 Å². The summed E-state index contributed by atoms with van der Waals surface area (Å²) in [5.41, 5.74) is 1.80. The highest BCUT2D eigenvalue weighted by atomic mass is 32.2. The number of hydrogen-bond donors (Lipinski definition) is 0. The van der Waals surface area contributed by atoms with E-state index in [4.69, 9.17) is 9.47 Å². The van der Waals surface area contributed by atoms with Crippen LogP contribution in [0.1, 0.15) is 65.0 Å². The molecule has 0 spiro atoms. The maximum Gasteiger partial charge on any atom is 0.338 e. The van der Waals surface area contributed by atoms with Gasteiger partial charge < -0.3 is 9.47 Å². The number of piperidine rings is 1. The van der Waals surface area contributed by atoms with Gasteiger partial charge in [-0.25, -0.2) is 13.2 Å². The first-order valence-corrected chi connectivity index (χ1v) is 12.2. The lowest BCUT2D eigenvalue weighted by Gasteiger charge is -2.26. The third-order valence-electron chi connectivity index (χ3n) is 5.48. The number of esters is 1. The average Bonchev–Trinajstić information content (AvgIpc) is 2.79. The first-order chi connectivity index (χ1) is 15.2. The zero-order chi connectivity index (χ0) is 23.3. The van der Waals surface area contributed by atoms with E-state index in [1.807, 2.05) is 6.92 Å². The summed E-state index contributed by atoms with van der Waals surface area (Å²) < 4.78 is 38.7. The van der Waals surface area contributed by atoms with Crippen molar-refractivity contribution in [3.63, 3.8) is 0 Å². The van der Waals surface area contributed by atoms with Crippen LogP contribution in [-0.4, -0.2) is 44.2 Å². The van der Waals surface area contributed by atoms with Crippen LogP contribution in [0.4, 0.5) is 0 Å². The Bertz CT molecular complexity index is 1100. The normalized spacial score (nSPS) is 14.7. The summed E-state index contributed by atoms with van der Waals surface area (Å²) in [5, 5.41) is 0. The van der Waals surface area contributed by atoms with Crippen molar-refractivity contribution in [1.29, 1.82) is 0 Å². The summed E-state index contributed by atoms with van der Waals surface area (Å²) in [7, 11) is -3.68. The van der Waals surface area contributed by atoms with Crippen LogP contribution in [0.25, 0.3) is 0 Å². The third kappa shape index (κ3) is 5.37. The predicted molar refractivity (Wildman–Crippen MR) is 121 cm³/mol. The zero-order valence-electron chi connectivity index (χ0n) is 18.7. The van der Waals surface area contributed by atoms with Crippen LogP contribution < -0.4 is 4.74 Å². The van der Waals surface area contributed by atoms with Crippen LogP contribution in [0.2, 0.25) is 0 Å². The van der Waals surface area contributed by atoms with Gasteiger partial charge in [-0.3, -0.25) is 4.79 Å². The van der Waals surface area contributed by atoms with Crippen LogP contribution in [-0.2, 0) is 21.4 Å². The Kier molecular flexibility index (Phi) is 7.69. The van der Waals surface area contributed by atoms with E-state index in [1.54, 1.807) is 37.3 Å². The van der Waals surface area contributed by atoms with Crippen LogP contribution in [0.15, 0.2) is 41.3 Å². The summed E-state index contributed by atoms with van der Waals surface area (Å²) in [6, 6.07) is 9.55. The van der Waals surface area contributed by atoms with Gasteiger partial charge in [0.05, 0.1) is 17.1 Å². The molecule has 0 aliphatic carbocycles. The minimum Gasteiger partial charge on any atom is -0.493 e. The summed E-state index contributed by atoms with van der Waals surface area (Å²) in [4.78, 5) is 24.6. The highest BCUT2D eigenvalue weighted by Gasteiger charge is 2.28. The Morgan fingerprint density at radius 2 is 1.69 bits per heavy atom. The van der Waals surface area contributed by atoms with Crippen molar-refractivity contribution in [1.82, 2.24) is 4.31 Å². The van der Waals surface area contributed by atoms with E-state index in [2.05, 4.69) is 0 Å². The maximum absolute atomic E-state index is 13.1. The van der Waals surface area contributed by atoms with Crippen molar-refractivity contribution in [3.8, 4) is 5.75 Å². The topological polar surface area (TPSA) is 90.0 Å². The number of carbonyl (C=O) groups is 2. The van der Waals surface area contributed by atoms with Gasteiger partial charge in [0.25, 0.3) is 0 Å². The van der Waals surface area contributed by atoms with Crippen molar-refractivity contribution in [2.45, 2.75) is 51.5 Å². The van der Waals surface area contributed by atoms with Gasteiger partial charge in [0.2, 0.25) is 10.0 Å². The van der Waals surface area contributed by atoms with Gasteiger partial charge in [-0.2, -0.15) is 4.31 Å². The quantitative estimate of drug-likeness (QED) is 0.436. The lowest BCUT2D eigenvalue weighted by molar-refractivity contribution is 0.0469. The van der Waals surface area contributed by atoms with E-state index < -0.39 is 16.0 Å². The molecular weight excluding hydrogens is 430 g/mol. The lowest BCUT2D eigenvalue weighted by atomic mass is 10.1. The number of aryl methyl sites for hydroxylation is 1. The fourth-order valence-corrected chi connectivity index (χ4v) is 5.45. The molecule has 0 bridgehead atoms. The number of Topliss-reactive ketones (excluding diaryl/α,β-unsaturated/α-hetero) is 1. The Balaban J connectivity index is 1.81. The standard InChI is InChI=1S/C24H29NO6S/c1-4-30-22-11-10-19(18(3)26)14-21(22)16-31-24(27)20-9-8-17(2)23(15-20)32(28,29)25-12-6-5-7-13-25/h8-11,14-15H,4-7,12-13,16H2,1-3H3. The van der Waals surface area contributed by atoms with Gasteiger partial charge in [0.1, 0.15) is 12.4 Å². The third-order valence-corrected chi connectivity index (χ3v) is 7.52. The smallest absolute Gasteiger partial charge is 0.338 e. The predicted octanol–water partition coefficient (Wildman–Crippen LogP) is 4.13. The fourth-order valence-electron chi connectivity index (χ4n) is 3.68. The van der Waals surface area contributed by atoms with Gasteiger partial charge >= 0.3 is 5.97 Å². The first kappa shape index (κ1) is 23.9. The number of nitrogens with zero attached hydrogens (tertiary/aromatic N) is 1. The highest BCUT2D eigenvalue weighted by Crippen LogP contribution is 2.26. The maximum atomic E-state index is 13.1. The molecular formula is C24H29NO6S. The summed E-state index contributed by atoms with van der Waals surface area (Å²) in [5.74, 6) is -0.218. The van der Waals surface area contributed by atoms with E-state index in [9.17, 15) is 18.0 Å². The molecule has 172 valence electrons. The van der Waals surface area contributed by atoms with E-state index in [-0.39, 0.29) is 22.8 Å². The minimum atomic E-state index is -3.68. The molecule has 0 amide bonds. The first-order valence-electron chi connectivity index (χ1n) is 10.8.